The molecule has 4 aromatic rings. The third kappa shape index (κ3) is 6.49. The van der Waals surface area contributed by atoms with Crippen LogP contribution in [0.2, 0.25) is 0 Å². The Morgan fingerprint density at radius 2 is 1.61 bits per heavy atom. The molecule has 0 bridgehead atoms. The maximum absolute atomic E-state index is 13.7. The fraction of sp³-hybridized carbons (Fsp3) is 0.138. The lowest BCUT2D eigenvalue weighted by atomic mass is 10.2. The molecule has 0 aromatic heterocycles. The van der Waals surface area contributed by atoms with Gasteiger partial charge in [0.25, 0.3) is 10.0 Å². The molecule has 0 aliphatic carbocycles. The van der Waals surface area contributed by atoms with Crippen LogP contribution in [0.3, 0.4) is 0 Å². The van der Waals surface area contributed by atoms with Crippen LogP contribution in [-0.2, 0) is 21.4 Å². The van der Waals surface area contributed by atoms with Crippen molar-refractivity contribution in [2.24, 2.45) is 0 Å². The van der Waals surface area contributed by atoms with Gasteiger partial charge < -0.3 is 14.8 Å². The molecule has 1 N–H and O–H groups in total. The average molecular weight is 535 g/mol. The van der Waals surface area contributed by atoms with Crippen LogP contribution in [-0.4, -0.2) is 28.0 Å². The van der Waals surface area contributed by atoms with Crippen molar-refractivity contribution >= 4 is 27.3 Å². The highest BCUT2D eigenvalue weighted by Crippen LogP contribution is 2.31. The Kier molecular flexibility index (Phi) is 8.28. The molecule has 0 heterocycles. The average Bonchev–Trinajstić information content (AvgIpc) is 2.92. The number of ether oxygens (including phenoxy) is 2. The van der Waals surface area contributed by atoms with E-state index in [1.54, 1.807) is 43.3 Å². The van der Waals surface area contributed by atoms with Crippen molar-refractivity contribution in [3.8, 4) is 11.5 Å². The number of nitrogens with zero attached hydrogens (tertiary/aromatic N) is 1. The number of hydrogen-bond donors (Lipinski definition) is 1. The number of carbonyl (C=O) groups is 1. The largest absolute Gasteiger partial charge is 0.495 e. The first-order chi connectivity index (χ1) is 18.3. The maximum Gasteiger partial charge on any atom is 0.268 e. The van der Waals surface area contributed by atoms with Gasteiger partial charge in [-0.2, -0.15) is 0 Å². The van der Waals surface area contributed by atoms with Crippen LogP contribution >= 0.6 is 0 Å². The maximum atomic E-state index is 13.7. The Labute approximate surface area is 221 Å². The van der Waals surface area contributed by atoms with Gasteiger partial charge in [0, 0.05) is 5.69 Å². The topological polar surface area (TPSA) is 84.9 Å². The van der Waals surface area contributed by atoms with Crippen molar-refractivity contribution in [2.45, 2.75) is 18.4 Å². The number of benzene rings is 4. The van der Waals surface area contributed by atoms with Gasteiger partial charge in [0.15, 0.2) is 0 Å². The number of sulfonamides is 1. The Bertz CT molecular complexity index is 1490. The highest BCUT2D eigenvalue weighted by Gasteiger charge is 2.30. The summed E-state index contributed by atoms with van der Waals surface area (Å²) in [6, 6.07) is 26.1. The Morgan fingerprint density at radius 1 is 0.921 bits per heavy atom. The van der Waals surface area contributed by atoms with Crippen LogP contribution in [0.4, 0.5) is 15.8 Å². The minimum absolute atomic E-state index is 0.1000. The highest BCUT2D eigenvalue weighted by atomic mass is 32.2. The quantitative estimate of drug-likeness (QED) is 0.288. The first-order valence-electron chi connectivity index (χ1n) is 11.8. The molecular weight excluding hydrogens is 507 g/mol. The molecule has 0 saturated carbocycles. The van der Waals surface area contributed by atoms with Crippen molar-refractivity contribution in [2.75, 3.05) is 23.3 Å². The molecule has 0 saturated heterocycles. The second-order valence-electron chi connectivity index (χ2n) is 8.49. The van der Waals surface area contributed by atoms with Gasteiger partial charge in [-0.25, -0.2) is 12.8 Å². The number of methoxy groups -OCH3 is 1. The van der Waals surface area contributed by atoms with E-state index in [2.05, 4.69) is 5.32 Å². The number of rotatable bonds is 10. The van der Waals surface area contributed by atoms with E-state index in [-0.39, 0.29) is 16.3 Å². The van der Waals surface area contributed by atoms with Gasteiger partial charge in [-0.1, -0.05) is 36.4 Å². The molecule has 0 atom stereocenters. The van der Waals surface area contributed by atoms with Gasteiger partial charge in [-0.15, -0.1) is 0 Å². The van der Waals surface area contributed by atoms with Crippen LogP contribution in [0, 0.1) is 12.7 Å². The van der Waals surface area contributed by atoms with E-state index < -0.39 is 28.3 Å². The standard InChI is InChI=1S/C29H27FN2O5S/c1-21-8-17-27(36-2)28(18-21)38(34,35)32(25-13-9-23(30)10-14-25)19-29(33)31-24-11-15-26(16-12-24)37-20-22-6-4-3-5-7-22/h3-18H,19-20H2,1-2H3,(H,31,33). The Hall–Kier alpha value is -4.37. The summed E-state index contributed by atoms with van der Waals surface area (Å²) in [7, 11) is -2.89. The fourth-order valence-corrected chi connectivity index (χ4v) is 5.40. The second-order valence-corrected chi connectivity index (χ2v) is 10.3. The summed E-state index contributed by atoms with van der Waals surface area (Å²) in [6.45, 7) is 1.61. The van der Waals surface area contributed by atoms with Gasteiger partial charge in [0.05, 0.1) is 12.8 Å². The highest BCUT2D eigenvalue weighted by molar-refractivity contribution is 7.93. The molecule has 0 aliphatic heterocycles. The van der Waals surface area contributed by atoms with Crippen molar-refractivity contribution in [1.29, 1.82) is 0 Å². The van der Waals surface area contributed by atoms with E-state index in [1.807, 2.05) is 30.3 Å². The second kappa shape index (κ2) is 11.8. The van der Waals surface area contributed by atoms with E-state index in [0.717, 1.165) is 22.0 Å². The number of aryl methyl sites for hydroxylation is 1. The lowest BCUT2D eigenvalue weighted by molar-refractivity contribution is -0.114. The predicted octanol–water partition coefficient (Wildman–Crippen LogP) is 5.56. The van der Waals surface area contributed by atoms with E-state index in [1.165, 1.54) is 25.3 Å². The van der Waals surface area contributed by atoms with E-state index >= 15 is 0 Å². The van der Waals surface area contributed by atoms with Gasteiger partial charge in [0.1, 0.15) is 35.4 Å². The smallest absolute Gasteiger partial charge is 0.268 e. The molecular formula is C29H27FN2O5S. The van der Waals surface area contributed by atoms with Crippen LogP contribution in [0.1, 0.15) is 11.1 Å². The van der Waals surface area contributed by atoms with Gasteiger partial charge in [-0.05, 0) is 78.7 Å². The number of hydrogen-bond acceptors (Lipinski definition) is 5. The van der Waals surface area contributed by atoms with Gasteiger partial charge in [-0.3, -0.25) is 9.10 Å². The minimum Gasteiger partial charge on any atom is -0.495 e. The third-order valence-electron chi connectivity index (χ3n) is 5.68. The molecule has 38 heavy (non-hydrogen) atoms. The summed E-state index contributed by atoms with van der Waals surface area (Å²) >= 11 is 0. The van der Waals surface area contributed by atoms with E-state index in [9.17, 15) is 17.6 Å². The third-order valence-corrected chi connectivity index (χ3v) is 7.47. The summed E-state index contributed by atoms with van der Waals surface area (Å²) in [6.07, 6.45) is 0. The molecule has 0 radical (unpaired) electrons. The van der Waals surface area contributed by atoms with Crippen molar-refractivity contribution in [3.63, 3.8) is 0 Å². The van der Waals surface area contributed by atoms with Crippen LogP contribution in [0.5, 0.6) is 11.5 Å². The molecule has 4 rings (SSSR count). The van der Waals surface area contributed by atoms with E-state index in [0.29, 0.717) is 23.6 Å². The zero-order valence-corrected chi connectivity index (χ0v) is 21.7. The first kappa shape index (κ1) is 26.7. The molecule has 4 aromatic carbocycles. The zero-order chi connectivity index (χ0) is 27.1. The van der Waals surface area contributed by atoms with Crippen LogP contribution < -0.4 is 19.1 Å². The number of amides is 1. The lowest BCUT2D eigenvalue weighted by Gasteiger charge is -2.25. The molecule has 196 valence electrons. The summed E-state index contributed by atoms with van der Waals surface area (Å²) in [5.74, 6) is -0.358. The molecule has 0 aliphatic rings. The predicted molar refractivity (Wildman–Crippen MR) is 145 cm³/mol. The number of carbonyl (C=O) groups excluding carboxylic acids is 1. The number of anilines is 2. The van der Waals surface area contributed by atoms with E-state index in [4.69, 9.17) is 9.47 Å². The summed E-state index contributed by atoms with van der Waals surface area (Å²) in [5, 5.41) is 2.71. The summed E-state index contributed by atoms with van der Waals surface area (Å²) in [4.78, 5) is 12.9. The SMILES string of the molecule is COc1ccc(C)cc1S(=O)(=O)N(CC(=O)Nc1ccc(OCc2ccccc2)cc1)c1ccc(F)cc1. The molecule has 9 heteroatoms. The first-order valence-corrected chi connectivity index (χ1v) is 13.2. The number of halogens is 1. The molecule has 1 amide bonds. The Balaban J connectivity index is 1.53. The summed E-state index contributed by atoms with van der Waals surface area (Å²) < 4.78 is 53.0. The van der Waals surface area contributed by atoms with Crippen molar-refractivity contribution in [1.82, 2.24) is 0 Å². The lowest BCUT2D eigenvalue weighted by Crippen LogP contribution is -2.38. The normalized spacial score (nSPS) is 11.0. The fourth-order valence-electron chi connectivity index (χ4n) is 3.73. The monoisotopic (exact) mass is 534 g/mol. The number of nitrogens with one attached hydrogen (secondary N) is 1. The van der Waals surface area contributed by atoms with Gasteiger partial charge in [0.2, 0.25) is 5.91 Å². The van der Waals surface area contributed by atoms with Crippen LogP contribution in [0.15, 0.2) is 102 Å². The van der Waals surface area contributed by atoms with Crippen molar-refractivity contribution in [3.05, 3.63) is 114 Å². The summed E-state index contributed by atoms with van der Waals surface area (Å²) in [5.41, 5.74) is 2.32. The van der Waals surface area contributed by atoms with Gasteiger partial charge >= 0.3 is 0 Å². The Morgan fingerprint density at radius 3 is 2.26 bits per heavy atom. The molecule has 0 spiro atoms. The molecule has 0 fully saturated rings. The minimum atomic E-state index is -4.25. The molecule has 0 unspecified atom stereocenters. The zero-order valence-electron chi connectivity index (χ0n) is 20.9. The van der Waals surface area contributed by atoms with Crippen molar-refractivity contribution < 1.29 is 27.1 Å². The molecule has 7 nitrogen and oxygen atoms in total. The van der Waals surface area contributed by atoms with Crippen LogP contribution in [0.25, 0.3) is 0 Å².